The van der Waals surface area contributed by atoms with Gasteiger partial charge in [0.15, 0.2) is 9.84 Å². The maximum atomic E-state index is 12.1. The molecule has 4 nitrogen and oxygen atoms in total. The molecule has 1 fully saturated rings. The third-order valence-corrected chi connectivity index (χ3v) is 5.31. The van der Waals surface area contributed by atoms with Crippen LogP contribution < -0.4 is 5.32 Å². The number of nitrogens with one attached hydrogen (secondary N) is 1. The van der Waals surface area contributed by atoms with E-state index in [-0.39, 0.29) is 17.4 Å². The number of carbonyl (C=O) groups is 1. The molecule has 2 rings (SSSR count). The van der Waals surface area contributed by atoms with Gasteiger partial charge < -0.3 is 5.32 Å². The Kier molecular flexibility index (Phi) is 4.24. The summed E-state index contributed by atoms with van der Waals surface area (Å²) in [5, 5.41) is 2.87. The highest BCUT2D eigenvalue weighted by atomic mass is 32.2. The molecule has 1 atom stereocenters. The van der Waals surface area contributed by atoms with Gasteiger partial charge in [0.05, 0.1) is 17.4 Å². The second kappa shape index (κ2) is 5.74. The topological polar surface area (TPSA) is 63.2 Å². The fourth-order valence-electron chi connectivity index (χ4n) is 2.41. The number of amides is 1. The van der Waals surface area contributed by atoms with E-state index in [1.807, 2.05) is 31.2 Å². The van der Waals surface area contributed by atoms with Crippen molar-refractivity contribution >= 4 is 21.4 Å². The Morgan fingerprint density at radius 1 is 1.37 bits per heavy atom. The molecule has 1 saturated heterocycles. The van der Waals surface area contributed by atoms with Crippen molar-refractivity contribution < 1.29 is 13.2 Å². The lowest BCUT2D eigenvalue weighted by Gasteiger charge is -2.21. The number of hydrogen-bond acceptors (Lipinski definition) is 3. The highest BCUT2D eigenvalue weighted by Crippen LogP contribution is 2.22. The molecule has 0 saturated carbocycles. The summed E-state index contributed by atoms with van der Waals surface area (Å²) < 4.78 is 23.1. The van der Waals surface area contributed by atoms with Crippen molar-refractivity contribution in [1.29, 1.82) is 0 Å². The van der Waals surface area contributed by atoms with E-state index >= 15 is 0 Å². The van der Waals surface area contributed by atoms with Crippen molar-refractivity contribution in [3.05, 3.63) is 29.8 Å². The van der Waals surface area contributed by atoms with Crippen LogP contribution in [0.2, 0.25) is 0 Å². The Bertz CT molecular complexity index is 566. The number of hydrogen-bond donors (Lipinski definition) is 1. The van der Waals surface area contributed by atoms with E-state index in [0.717, 1.165) is 17.7 Å². The van der Waals surface area contributed by atoms with Gasteiger partial charge in [0.25, 0.3) is 0 Å². The Morgan fingerprint density at radius 3 is 2.79 bits per heavy atom. The van der Waals surface area contributed by atoms with E-state index in [1.54, 1.807) is 0 Å². The van der Waals surface area contributed by atoms with Crippen molar-refractivity contribution in [3.8, 4) is 0 Å². The van der Waals surface area contributed by atoms with Crippen molar-refractivity contribution in [2.45, 2.75) is 26.2 Å². The van der Waals surface area contributed by atoms with Gasteiger partial charge in [-0.1, -0.05) is 25.1 Å². The lowest BCUT2D eigenvalue weighted by Crippen LogP contribution is -2.34. The number of carbonyl (C=O) groups excluding carboxylic acids is 1. The smallest absolute Gasteiger partial charge is 0.228 e. The van der Waals surface area contributed by atoms with Gasteiger partial charge in [0.2, 0.25) is 5.91 Å². The molecule has 5 heteroatoms. The van der Waals surface area contributed by atoms with Gasteiger partial charge >= 0.3 is 0 Å². The van der Waals surface area contributed by atoms with Gasteiger partial charge in [-0.3, -0.25) is 4.79 Å². The van der Waals surface area contributed by atoms with Crippen LogP contribution in [-0.2, 0) is 21.1 Å². The molecule has 0 aromatic heterocycles. The lowest BCUT2D eigenvalue weighted by molar-refractivity contribution is -0.119. The maximum Gasteiger partial charge on any atom is 0.228 e. The van der Waals surface area contributed by atoms with E-state index < -0.39 is 15.8 Å². The second-order valence-electron chi connectivity index (χ2n) is 4.95. The third kappa shape index (κ3) is 3.56. The SMILES string of the molecule is CCc1ccccc1NC(=O)C1CCCS(=O)(=O)C1. The van der Waals surface area contributed by atoms with E-state index in [9.17, 15) is 13.2 Å². The molecular weight excluding hydrogens is 262 g/mol. The molecular formula is C14H19NO3S. The molecule has 1 unspecified atom stereocenters. The van der Waals surface area contributed by atoms with Crippen molar-refractivity contribution in [1.82, 2.24) is 0 Å². The number of rotatable bonds is 3. The Labute approximate surface area is 114 Å². The van der Waals surface area contributed by atoms with Gasteiger partial charge in [-0.15, -0.1) is 0 Å². The van der Waals surface area contributed by atoms with Crippen LogP contribution in [0.3, 0.4) is 0 Å². The first-order chi connectivity index (χ1) is 9.02. The molecule has 1 amide bonds. The van der Waals surface area contributed by atoms with Crippen LogP contribution in [-0.4, -0.2) is 25.8 Å². The number of anilines is 1. The molecule has 0 aliphatic carbocycles. The average molecular weight is 281 g/mol. The van der Waals surface area contributed by atoms with E-state index in [4.69, 9.17) is 0 Å². The van der Waals surface area contributed by atoms with E-state index in [1.165, 1.54) is 0 Å². The molecule has 1 N–H and O–H groups in total. The van der Waals surface area contributed by atoms with Gasteiger partial charge in [0, 0.05) is 5.69 Å². The first-order valence-corrected chi connectivity index (χ1v) is 8.43. The molecule has 1 aromatic rings. The minimum atomic E-state index is -3.05. The van der Waals surface area contributed by atoms with Gasteiger partial charge in [0.1, 0.15) is 0 Å². The first-order valence-electron chi connectivity index (χ1n) is 6.61. The molecule has 104 valence electrons. The number of aryl methyl sites for hydroxylation is 1. The number of para-hydroxylation sites is 1. The van der Waals surface area contributed by atoms with E-state index in [0.29, 0.717) is 12.8 Å². The predicted octanol–water partition coefficient (Wildman–Crippen LogP) is 2.01. The highest BCUT2D eigenvalue weighted by molar-refractivity contribution is 7.91. The Morgan fingerprint density at radius 2 is 2.11 bits per heavy atom. The molecule has 19 heavy (non-hydrogen) atoms. The van der Waals surface area contributed by atoms with Crippen LogP contribution >= 0.6 is 0 Å². The summed E-state index contributed by atoms with van der Waals surface area (Å²) in [7, 11) is -3.05. The lowest BCUT2D eigenvalue weighted by atomic mass is 10.0. The van der Waals surface area contributed by atoms with Crippen LogP contribution in [0.1, 0.15) is 25.3 Å². The fraction of sp³-hybridized carbons (Fsp3) is 0.500. The highest BCUT2D eigenvalue weighted by Gasteiger charge is 2.29. The van der Waals surface area contributed by atoms with Crippen LogP contribution in [0.15, 0.2) is 24.3 Å². The van der Waals surface area contributed by atoms with Crippen LogP contribution in [0.25, 0.3) is 0 Å². The van der Waals surface area contributed by atoms with E-state index in [2.05, 4.69) is 5.32 Å². The van der Waals surface area contributed by atoms with Crippen molar-refractivity contribution in [3.63, 3.8) is 0 Å². The quantitative estimate of drug-likeness (QED) is 0.922. The summed E-state index contributed by atoms with van der Waals surface area (Å²) in [6, 6.07) is 7.62. The second-order valence-corrected chi connectivity index (χ2v) is 7.18. The largest absolute Gasteiger partial charge is 0.326 e. The van der Waals surface area contributed by atoms with Gasteiger partial charge in [-0.2, -0.15) is 0 Å². The molecule has 0 bridgehead atoms. The van der Waals surface area contributed by atoms with Crippen molar-refractivity contribution in [2.24, 2.45) is 5.92 Å². The zero-order valence-corrected chi connectivity index (χ0v) is 11.9. The first kappa shape index (κ1) is 14.1. The predicted molar refractivity (Wildman–Crippen MR) is 75.8 cm³/mol. The minimum absolute atomic E-state index is 0.0207. The standard InChI is InChI=1S/C14H19NO3S/c1-2-11-6-3-4-8-13(11)15-14(16)12-7-5-9-19(17,18)10-12/h3-4,6,8,12H,2,5,7,9-10H2,1H3,(H,15,16). The number of sulfone groups is 1. The molecule has 1 aliphatic rings. The van der Waals surface area contributed by atoms with Gasteiger partial charge in [-0.05, 0) is 30.9 Å². The third-order valence-electron chi connectivity index (χ3n) is 3.49. The zero-order chi connectivity index (χ0) is 13.9. The van der Waals surface area contributed by atoms with Crippen LogP contribution in [0, 0.1) is 5.92 Å². The summed E-state index contributed by atoms with van der Waals surface area (Å²) >= 11 is 0. The fourth-order valence-corrected chi connectivity index (χ4v) is 4.12. The Balaban J connectivity index is 2.09. The van der Waals surface area contributed by atoms with Crippen LogP contribution in [0.4, 0.5) is 5.69 Å². The maximum absolute atomic E-state index is 12.1. The molecule has 1 aromatic carbocycles. The monoisotopic (exact) mass is 281 g/mol. The van der Waals surface area contributed by atoms with Crippen LogP contribution in [0.5, 0.6) is 0 Å². The summed E-state index contributed by atoms with van der Waals surface area (Å²) in [5.41, 5.74) is 1.85. The molecule has 1 heterocycles. The molecule has 1 aliphatic heterocycles. The minimum Gasteiger partial charge on any atom is -0.326 e. The summed E-state index contributed by atoms with van der Waals surface area (Å²) in [6.07, 6.45) is 2.06. The van der Waals surface area contributed by atoms with Crippen molar-refractivity contribution in [2.75, 3.05) is 16.8 Å². The molecule has 0 radical (unpaired) electrons. The average Bonchev–Trinajstić information content (AvgIpc) is 2.38. The zero-order valence-electron chi connectivity index (χ0n) is 11.1. The summed E-state index contributed by atoms with van der Waals surface area (Å²) in [5.74, 6) is -0.400. The normalized spacial score (nSPS) is 21.8. The summed E-state index contributed by atoms with van der Waals surface area (Å²) in [6.45, 7) is 2.02. The Hall–Kier alpha value is -1.36. The number of benzene rings is 1. The summed E-state index contributed by atoms with van der Waals surface area (Å²) in [4.78, 5) is 12.1. The molecule has 0 spiro atoms. The van der Waals surface area contributed by atoms with Gasteiger partial charge in [-0.25, -0.2) is 8.42 Å².